The fourth-order valence-electron chi connectivity index (χ4n) is 1.63. The van der Waals surface area contributed by atoms with Crippen molar-refractivity contribution in [3.05, 3.63) is 35.4 Å². The van der Waals surface area contributed by atoms with Crippen LogP contribution in [0.1, 0.15) is 31.4 Å². The van der Waals surface area contributed by atoms with Crippen LogP contribution in [0.5, 0.6) is 0 Å². The third kappa shape index (κ3) is 3.07. The summed E-state index contributed by atoms with van der Waals surface area (Å²) >= 11 is 4.98. The van der Waals surface area contributed by atoms with Gasteiger partial charge >= 0.3 is 0 Å². The van der Waals surface area contributed by atoms with Crippen LogP contribution < -0.4 is 11.1 Å². The van der Waals surface area contributed by atoms with Crippen molar-refractivity contribution < 1.29 is 4.79 Å². The highest BCUT2D eigenvalue weighted by molar-refractivity contribution is 7.80. The van der Waals surface area contributed by atoms with Gasteiger partial charge in [-0.2, -0.15) is 0 Å². The van der Waals surface area contributed by atoms with Gasteiger partial charge in [0.25, 0.3) is 0 Å². The third-order valence-electron chi connectivity index (χ3n) is 3.45. The zero-order chi connectivity index (χ0) is 13.8. The van der Waals surface area contributed by atoms with E-state index in [1.54, 1.807) is 6.92 Å². The summed E-state index contributed by atoms with van der Waals surface area (Å²) in [4.78, 5) is 12.4. The van der Waals surface area contributed by atoms with Gasteiger partial charge in [-0.3, -0.25) is 4.79 Å². The molecule has 0 aliphatic carbocycles. The van der Waals surface area contributed by atoms with Gasteiger partial charge in [0.05, 0.1) is 10.4 Å². The normalized spacial score (nSPS) is 13.7. The minimum absolute atomic E-state index is 0.110. The van der Waals surface area contributed by atoms with E-state index in [9.17, 15) is 4.79 Å². The highest BCUT2D eigenvalue weighted by Gasteiger charge is 2.34. The highest BCUT2D eigenvalue weighted by Crippen LogP contribution is 2.22. The van der Waals surface area contributed by atoms with E-state index in [0.29, 0.717) is 13.0 Å². The van der Waals surface area contributed by atoms with Crippen LogP contribution >= 0.6 is 12.2 Å². The molecule has 0 radical (unpaired) electrons. The molecule has 1 amide bonds. The van der Waals surface area contributed by atoms with E-state index >= 15 is 0 Å². The first-order chi connectivity index (χ1) is 8.41. The summed E-state index contributed by atoms with van der Waals surface area (Å²) in [5, 5.41) is 2.91. The van der Waals surface area contributed by atoms with Crippen LogP contribution in [-0.4, -0.2) is 10.9 Å². The molecule has 1 aromatic rings. The molecule has 0 aromatic heterocycles. The lowest BCUT2D eigenvalue weighted by Gasteiger charge is -2.25. The minimum atomic E-state index is -0.766. The number of benzene rings is 1. The number of carbonyl (C=O) groups excluding carboxylic acids is 1. The molecule has 18 heavy (non-hydrogen) atoms. The molecule has 1 rings (SSSR count). The fourth-order valence-corrected chi connectivity index (χ4v) is 1.86. The Balaban J connectivity index is 2.72. The summed E-state index contributed by atoms with van der Waals surface area (Å²) < 4.78 is 0. The molecule has 3 N–H and O–H groups in total. The Hall–Kier alpha value is -1.42. The van der Waals surface area contributed by atoms with E-state index in [2.05, 4.69) is 5.32 Å². The molecule has 0 fully saturated rings. The van der Waals surface area contributed by atoms with Crippen LogP contribution in [0.2, 0.25) is 0 Å². The maximum atomic E-state index is 12.1. The first kappa shape index (κ1) is 14.6. The van der Waals surface area contributed by atoms with Crippen LogP contribution in [0.4, 0.5) is 0 Å². The number of carbonyl (C=O) groups is 1. The van der Waals surface area contributed by atoms with E-state index < -0.39 is 5.41 Å². The van der Waals surface area contributed by atoms with E-state index in [1.165, 1.54) is 0 Å². The Morgan fingerprint density at radius 3 is 2.56 bits per heavy atom. The predicted octanol–water partition coefficient (Wildman–Crippen LogP) is 2.31. The summed E-state index contributed by atoms with van der Waals surface area (Å²) in [5.74, 6) is -0.110. The van der Waals surface area contributed by atoms with Crippen molar-refractivity contribution in [2.45, 2.75) is 33.7 Å². The molecule has 4 heteroatoms. The Kier molecular flexibility index (Phi) is 4.84. The zero-order valence-corrected chi connectivity index (χ0v) is 11.9. The fraction of sp³-hybridized carbons (Fsp3) is 0.429. The largest absolute Gasteiger partial charge is 0.392 e. The molecule has 0 bridgehead atoms. The van der Waals surface area contributed by atoms with Crippen LogP contribution in [0.15, 0.2) is 24.3 Å². The van der Waals surface area contributed by atoms with Crippen molar-refractivity contribution in [2.75, 3.05) is 0 Å². The maximum Gasteiger partial charge on any atom is 0.233 e. The van der Waals surface area contributed by atoms with Crippen molar-refractivity contribution in [1.29, 1.82) is 0 Å². The Labute approximate surface area is 114 Å². The van der Waals surface area contributed by atoms with Gasteiger partial charge in [0.2, 0.25) is 5.91 Å². The van der Waals surface area contributed by atoms with E-state index in [4.69, 9.17) is 18.0 Å². The van der Waals surface area contributed by atoms with Crippen LogP contribution in [0, 0.1) is 12.3 Å². The number of nitrogens with two attached hydrogens (primary N) is 1. The standard InChI is InChI=1S/C14H20N2OS/c1-4-14(3,12(15)18)13(17)16-9-11-8-6-5-7-10(11)2/h5-8H,4,9H2,1-3H3,(H2,15,18)(H,16,17). The maximum absolute atomic E-state index is 12.1. The lowest BCUT2D eigenvalue weighted by Crippen LogP contribution is -2.46. The number of amides is 1. The van der Waals surface area contributed by atoms with Gasteiger partial charge in [-0.25, -0.2) is 0 Å². The predicted molar refractivity (Wildman–Crippen MR) is 78.2 cm³/mol. The van der Waals surface area contributed by atoms with Gasteiger partial charge in [-0.1, -0.05) is 43.4 Å². The Morgan fingerprint density at radius 1 is 1.44 bits per heavy atom. The van der Waals surface area contributed by atoms with Crippen LogP contribution in [0.3, 0.4) is 0 Å². The molecule has 98 valence electrons. The highest BCUT2D eigenvalue weighted by atomic mass is 32.1. The zero-order valence-electron chi connectivity index (χ0n) is 11.1. The number of hydrogen-bond donors (Lipinski definition) is 2. The molecule has 0 heterocycles. The molecule has 0 saturated carbocycles. The number of rotatable bonds is 5. The number of aryl methyl sites for hydroxylation is 1. The van der Waals surface area contributed by atoms with Crippen molar-refractivity contribution in [3.63, 3.8) is 0 Å². The Bertz CT molecular complexity index is 459. The van der Waals surface area contributed by atoms with Crippen molar-refractivity contribution >= 4 is 23.1 Å². The molecule has 1 aromatic carbocycles. The number of thiocarbonyl (C=S) groups is 1. The number of nitrogens with one attached hydrogen (secondary N) is 1. The quantitative estimate of drug-likeness (QED) is 0.802. The molecule has 1 atom stereocenters. The van der Waals surface area contributed by atoms with E-state index in [-0.39, 0.29) is 10.9 Å². The number of hydrogen-bond acceptors (Lipinski definition) is 2. The smallest absolute Gasteiger partial charge is 0.233 e. The molecule has 0 spiro atoms. The van der Waals surface area contributed by atoms with Crippen LogP contribution in [-0.2, 0) is 11.3 Å². The lowest BCUT2D eigenvalue weighted by molar-refractivity contribution is -0.127. The summed E-state index contributed by atoms with van der Waals surface area (Å²) in [7, 11) is 0. The van der Waals surface area contributed by atoms with Crippen LogP contribution in [0.25, 0.3) is 0 Å². The molecule has 0 saturated heterocycles. The first-order valence-electron chi connectivity index (χ1n) is 6.04. The van der Waals surface area contributed by atoms with Gasteiger partial charge < -0.3 is 11.1 Å². The van der Waals surface area contributed by atoms with Gasteiger partial charge in [-0.15, -0.1) is 0 Å². The average molecular weight is 264 g/mol. The second kappa shape index (κ2) is 5.96. The summed E-state index contributed by atoms with van der Waals surface area (Å²) in [5.41, 5.74) is 7.15. The van der Waals surface area contributed by atoms with Gasteiger partial charge in [-0.05, 0) is 31.4 Å². The molecular weight excluding hydrogens is 244 g/mol. The summed E-state index contributed by atoms with van der Waals surface area (Å²) in [6.07, 6.45) is 0.599. The van der Waals surface area contributed by atoms with Crippen molar-refractivity contribution in [1.82, 2.24) is 5.32 Å². The van der Waals surface area contributed by atoms with E-state index in [0.717, 1.165) is 11.1 Å². The molecular formula is C14H20N2OS. The molecule has 0 aliphatic rings. The summed E-state index contributed by atoms with van der Waals surface area (Å²) in [6, 6.07) is 7.96. The molecule has 1 unspecified atom stereocenters. The van der Waals surface area contributed by atoms with Crippen molar-refractivity contribution in [3.8, 4) is 0 Å². The average Bonchev–Trinajstić information content (AvgIpc) is 2.36. The monoisotopic (exact) mass is 264 g/mol. The second-order valence-electron chi connectivity index (χ2n) is 4.66. The minimum Gasteiger partial charge on any atom is -0.392 e. The van der Waals surface area contributed by atoms with Gasteiger partial charge in [0.1, 0.15) is 0 Å². The third-order valence-corrected chi connectivity index (χ3v) is 3.90. The Morgan fingerprint density at radius 2 is 2.06 bits per heavy atom. The SMILES string of the molecule is CCC(C)(C(=O)NCc1ccccc1C)C(N)=S. The first-order valence-corrected chi connectivity index (χ1v) is 6.45. The van der Waals surface area contributed by atoms with Crippen molar-refractivity contribution in [2.24, 2.45) is 11.1 Å². The summed E-state index contributed by atoms with van der Waals surface area (Å²) in [6.45, 7) is 6.22. The lowest BCUT2D eigenvalue weighted by atomic mass is 9.86. The molecule has 3 nitrogen and oxygen atoms in total. The topological polar surface area (TPSA) is 55.1 Å². The van der Waals surface area contributed by atoms with E-state index in [1.807, 2.05) is 38.1 Å². The van der Waals surface area contributed by atoms with Gasteiger partial charge in [0.15, 0.2) is 0 Å². The molecule has 0 aliphatic heterocycles. The second-order valence-corrected chi connectivity index (χ2v) is 5.10. The van der Waals surface area contributed by atoms with Gasteiger partial charge in [0, 0.05) is 6.54 Å².